The van der Waals surface area contributed by atoms with Gasteiger partial charge in [-0.2, -0.15) is 0 Å². The predicted octanol–water partition coefficient (Wildman–Crippen LogP) is 6.51. The van der Waals surface area contributed by atoms with Crippen LogP contribution in [-0.2, 0) is 4.79 Å². The van der Waals surface area contributed by atoms with Gasteiger partial charge in [0, 0.05) is 10.9 Å². The molecule has 0 aliphatic rings. The molecule has 1 heterocycles. The van der Waals surface area contributed by atoms with E-state index in [2.05, 4.69) is 4.98 Å². The second-order valence-corrected chi connectivity index (χ2v) is 7.98. The van der Waals surface area contributed by atoms with Crippen molar-refractivity contribution in [1.29, 1.82) is 0 Å². The maximum Gasteiger partial charge on any atom is 0.228 e. The quantitative estimate of drug-likeness (QED) is 0.513. The minimum atomic E-state index is -0.597. The second kappa shape index (κ2) is 7.98. The topological polar surface area (TPSA) is 63.3 Å². The van der Waals surface area contributed by atoms with Gasteiger partial charge in [0.1, 0.15) is 17.3 Å². The lowest BCUT2D eigenvalue weighted by molar-refractivity contribution is -0.117. The van der Waals surface area contributed by atoms with E-state index in [9.17, 15) is 9.90 Å². The summed E-state index contributed by atoms with van der Waals surface area (Å²) in [5.41, 5.74) is 2.63. The van der Waals surface area contributed by atoms with Crippen molar-refractivity contribution in [2.24, 2.45) is 0 Å². The van der Waals surface area contributed by atoms with Crippen LogP contribution in [0.1, 0.15) is 55.2 Å². The molecule has 0 amide bonds. The normalized spacial score (nSPS) is 12.4. The molecule has 0 radical (unpaired) electrons. The van der Waals surface area contributed by atoms with E-state index in [1.54, 1.807) is 43.3 Å². The number of aromatic hydroxyl groups is 1. The molecule has 0 spiro atoms. The maximum atomic E-state index is 12.6. The molecule has 1 unspecified atom stereocenters. The first kappa shape index (κ1) is 20.4. The van der Waals surface area contributed by atoms with Gasteiger partial charge in [-0.1, -0.05) is 49.2 Å². The third kappa shape index (κ3) is 3.94. The molecule has 146 valence electrons. The highest BCUT2D eigenvalue weighted by molar-refractivity contribution is 6.36. The van der Waals surface area contributed by atoms with Crippen molar-refractivity contribution in [2.45, 2.75) is 39.5 Å². The molecule has 6 heteroatoms. The molecular formula is C22H21Cl2NO3. The van der Waals surface area contributed by atoms with Crippen molar-refractivity contribution < 1.29 is 14.3 Å². The zero-order chi connectivity index (χ0) is 20.6. The first-order valence-electron chi connectivity index (χ1n) is 8.95. The van der Waals surface area contributed by atoms with E-state index in [4.69, 9.17) is 27.6 Å². The minimum Gasteiger partial charge on any atom is -0.508 e. The third-order valence-corrected chi connectivity index (χ3v) is 5.15. The third-order valence-electron chi connectivity index (χ3n) is 4.60. The molecule has 0 fully saturated rings. The zero-order valence-corrected chi connectivity index (χ0v) is 17.6. The van der Waals surface area contributed by atoms with Crippen LogP contribution in [0.4, 0.5) is 0 Å². The Bertz CT molecular complexity index is 1040. The Labute approximate surface area is 174 Å². The molecular weight excluding hydrogens is 397 g/mol. The first-order chi connectivity index (χ1) is 13.2. The summed E-state index contributed by atoms with van der Waals surface area (Å²) in [6.45, 7) is 7.29. The Kier molecular flexibility index (Phi) is 5.82. The predicted molar refractivity (Wildman–Crippen MR) is 111 cm³/mol. The van der Waals surface area contributed by atoms with E-state index in [1.165, 1.54) is 6.92 Å². The fourth-order valence-corrected chi connectivity index (χ4v) is 3.67. The fourth-order valence-electron chi connectivity index (χ4n) is 3.19. The van der Waals surface area contributed by atoms with Gasteiger partial charge >= 0.3 is 0 Å². The number of phenols is 1. The van der Waals surface area contributed by atoms with Gasteiger partial charge in [0.25, 0.3) is 0 Å². The second-order valence-electron chi connectivity index (χ2n) is 7.14. The fraction of sp³-hybridized carbons (Fsp3) is 0.273. The van der Waals surface area contributed by atoms with Crippen molar-refractivity contribution in [3.8, 4) is 17.2 Å². The Morgan fingerprint density at radius 1 is 1.14 bits per heavy atom. The van der Waals surface area contributed by atoms with Gasteiger partial charge in [-0.05, 0) is 49.2 Å². The Balaban J connectivity index is 2.18. The van der Waals surface area contributed by atoms with E-state index in [0.717, 1.165) is 5.56 Å². The van der Waals surface area contributed by atoms with E-state index in [0.29, 0.717) is 38.5 Å². The summed E-state index contributed by atoms with van der Waals surface area (Å²) in [4.78, 5) is 17.3. The number of oxazole rings is 1. The average molecular weight is 418 g/mol. The van der Waals surface area contributed by atoms with Crippen LogP contribution in [0.15, 0.2) is 40.8 Å². The van der Waals surface area contributed by atoms with Crippen LogP contribution in [-0.4, -0.2) is 15.9 Å². The number of hydrogen-bond donors (Lipinski definition) is 1. The van der Waals surface area contributed by atoms with Crippen molar-refractivity contribution in [3.63, 3.8) is 0 Å². The standard InChI is InChI=1S/C22H21Cl2NO3/c1-11(2)21-20(19(13(4)26)14-5-8-18(27)12(3)9-14)25-22(28-21)16-7-6-15(23)10-17(16)24/h5-11,19,27H,1-4H3. The zero-order valence-electron chi connectivity index (χ0n) is 16.1. The van der Waals surface area contributed by atoms with E-state index in [-0.39, 0.29) is 17.5 Å². The number of aryl methyl sites for hydroxylation is 1. The molecule has 28 heavy (non-hydrogen) atoms. The van der Waals surface area contributed by atoms with Crippen molar-refractivity contribution in [2.75, 3.05) is 0 Å². The molecule has 2 aromatic carbocycles. The van der Waals surface area contributed by atoms with Crippen molar-refractivity contribution in [3.05, 3.63) is 69.0 Å². The van der Waals surface area contributed by atoms with Crippen molar-refractivity contribution >= 4 is 29.0 Å². The molecule has 3 aromatic rings. The number of phenolic OH excluding ortho intramolecular Hbond substituents is 1. The lowest BCUT2D eigenvalue weighted by Crippen LogP contribution is -2.13. The van der Waals surface area contributed by atoms with E-state index >= 15 is 0 Å². The monoisotopic (exact) mass is 417 g/mol. The minimum absolute atomic E-state index is 0.0161. The summed E-state index contributed by atoms with van der Waals surface area (Å²) in [5.74, 6) is 0.523. The highest BCUT2D eigenvalue weighted by atomic mass is 35.5. The summed E-state index contributed by atoms with van der Waals surface area (Å²) in [6.07, 6.45) is 0. The summed E-state index contributed by atoms with van der Waals surface area (Å²) in [5, 5.41) is 10.8. The number of nitrogens with zero attached hydrogens (tertiary/aromatic N) is 1. The number of ketones is 1. The Hall–Kier alpha value is -2.30. The molecule has 0 saturated carbocycles. The Morgan fingerprint density at radius 2 is 1.86 bits per heavy atom. The van der Waals surface area contributed by atoms with Crippen LogP contribution in [0.5, 0.6) is 5.75 Å². The van der Waals surface area contributed by atoms with Crippen LogP contribution in [0, 0.1) is 6.92 Å². The van der Waals surface area contributed by atoms with Crippen LogP contribution >= 0.6 is 23.2 Å². The molecule has 1 atom stereocenters. The van der Waals surface area contributed by atoms with E-state index < -0.39 is 5.92 Å². The van der Waals surface area contributed by atoms with Gasteiger partial charge in [0.05, 0.1) is 22.2 Å². The van der Waals surface area contributed by atoms with Gasteiger partial charge in [-0.3, -0.25) is 4.79 Å². The average Bonchev–Trinajstić information content (AvgIpc) is 3.02. The molecule has 0 saturated heterocycles. The molecule has 1 N–H and O–H groups in total. The molecule has 0 aliphatic heterocycles. The summed E-state index contributed by atoms with van der Waals surface area (Å²) in [6, 6.07) is 10.2. The summed E-state index contributed by atoms with van der Waals surface area (Å²) < 4.78 is 6.05. The molecule has 1 aromatic heterocycles. The number of carbonyl (C=O) groups is 1. The molecule has 4 nitrogen and oxygen atoms in total. The molecule has 0 aliphatic carbocycles. The van der Waals surface area contributed by atoms with Crippen LogP contribution in [0.2, 0.25) is 10.0 Å². The van der Waals surface area contributed by atoms with Gasteiger partial charge in [-0.15, -0.1) is 0 Å². The Morgan fingerprint density at radius 3 is 2.43 bits per heavy atom. The number of carbonyl (C=O) groups excluding carboxylic acids is 1. The first-order valence-corrected chi connectivity index (χ1v) is 9.70. The van der Waals surface area contributed by atoms with Gasteiger partial charge in [0.15, 0.2) is 0 Å². The van der Waals surface area contributed by atoms with Crippen LogP contribution in [0.25, 0.3) is 11.5 Å². The number of hydrogen-bond acceptors (Lipinski definition) is 4. The molecule has 3 rings (SSSR count). The van der Waals surface area contributed by atoms with E-state index in [1.807, 2.05) is 13.8 Å². The largest absolute Gasteiger partial charge is 0.508 e. The van der Waals surface area contributed by atoms with Crippen LogP contribution < -0.4 is 0 Å². The maximum absolute atomic E-state index is 12.6. The summed E-state index contributed by atoms with van der Waals surface area (Å²) in [7, 11) is 0. The lowest BCUT2D eigenvalue weighted by atomic mass is 9.88. The summed E-state index contributed by atoms with van der Waals surface area (Å²) >= 11 is 12.3. The number of rotatable bonds is 5. The highest BCUT2D eigenvalue weighted by Gasteiger charge is 2.30. The van der Waals surface area contributed by atoms with Crippen LogP contribution in [0.3, 0.4) is 0 Å². The number of aromatic nitrogens is 1. The van der Waals surface area contributed by atoms with Gasteiger partial charge in [0.2, 0.25) is 5.89 Å². The highest BCUT2D eigenvalue weighted by Crippen LogP contribution is 2.38. The molecule has 0 bridgehead atoms. The van der Waals surface area contributed by atoms with Gasteiger partial charge in [-0.25, -0.2) is 4.98 Å². The SMILES string of the molecule is CC(=O)C(c1ccc(O)c(C)c1)c1nc(-c2ccc(Cl)cc2Cl)oc1C(C)C. The smallest absolute Gasteiger partial charge is 0.228 e. The number of benzene rings is 2. The number of Topliss-reactive ketones (excluding diaryl/α,β-unsaturated/α-hetero) is 1. The lowest BCUT2D eigenvalue weighted by Gasteiger charge is -2.15. The van der Waals surface area contributed by atoms with Gasteiger partial charge < -0.3 is 9.52 Å². The number of halogens is 2. The van der Waals surface area contributed by atoms with Crippen molar-refractivity contribution in [1.82, 2.24) is 4.98 Å².